The Kier molecular flexibility index (Phi) is 4.93. The molecule has 0 aromatic heterocycles. The minimum absolute atomic E-state index is 0.147. The zero-order valence-corrected chi connectivity index (χ0v) is 16.4. The molecular weight excluding hydrogens is 389 g/mol. The van der Waals surface area contributed by atoms with E-state index in [2.05, 4.69) is 9.64 Å². The number of alkyl halides is 3. The van der Waals surface area contributed by atoms with Gasteiger partial charge in [-0.1, -0.05) is 0 Å². The van der Waals surface area contributed by atoms with E-state index in [1.165, 1.54) is 31.0 Å². The number of rotatable bonds is 4. The van der Waals surface area contributed by atoms with Crippen LogP contribution in [-0.2, 0) is 4.79 Å². The summed E-state index contributed by atoms with van der Waals surface area (Å²) in [7, 11) is 0. The van der Waals surface area contributed by atoms with E-state index < -0.39 is 29.9 Å². The number of nitrogens with zero attached hydrogens (tertiary/aromatic N) is 2. The van der Waals surface area contributed by atoms with Crippen molar-refractivity contribution in [2.75, 3.05) is 26.2 Å². The molecular formula is C20H25F3N2O4. The Bertz CT molecular complexity index is 794. The number of carbonyl (C=O) groups excluding carboxylic acids is 1. The predicted molar refractivity (Wildman–Crippen MR) is 97.5 cm³/mol. The van der Waals surface area contributed by atoms with Gasteiger partial charge in [0.15, 0.2) is 0 Å². The molecule has 2 aliphatic heterocycles. The molecule has 1 saturated heterocycles. The third-order valence-corrected chi connectivity index (χ3v) is 5.80. The first kappa shape index (κ1) is 20.3. The van der Waals surface area contributed by atoms with Crippen LogP contribution in [-0.4, -0.2) is 65.1 Å². The Morgan fingerprint density at radius 1 is 1.28 bits per heavy atom. The topological polar surface area (TPSA) is 62.2 Å². The predicted octanol–water partition coefficient (Wildman–Crippen LogP) is 2.71. The van der Waals surface area contributed by atoms with E-state index in [1.807, 2.05) is 0 Å². The fraction of sp³-hybridized carbons (Fsp3) is 0.650. The van der Waals surface area contributed by atoms with Crippen molar-refractivity contribution in [3.8, 4) is 11.5 Å². The first-order valence-corrected chi connectivity index (χ1v) is 9.82. The van der Waals surface area contributed by atoms with Gasteiger partial charge in [0, 0.05) is 25.2 Å². The minimum Gasteiger partial charge on any atom is -0.485 e. The smallest absolute Gasteiger partial charge is 0.485 e. The highest BCUT2D eigenvalue weighted by atomic mass is 19.4. The summed E-state index contributed by atoms with van der Waals surface area (Å²) >= 11 is 0. The summed E-state index contributed by atoms with van der Waals surface area (Å²) in [6, 6.07) is 2.97. The number of amides is 1. The number of hydrogen-bond donors (Lipinski definition) is 1. The molecule has 1 amide bonds. The van der Waals surface area contributed by atoms with E-state index in [0.717, 1.165) is 6.54 Å². The zero-order chi connectivity index (χ0) is 21.0. The number of benzene rings is 1. The van der Waals surface area contributed by atoms with Crippen LogP contribution in [0.15, 0.2) is 18.2 Å². The third kappa shape index (κ3) is 4.30. The summed E-state index contributed by atoms with van der Waals surface area (Å²) < 4.78 is 47.9. The van der Waals surface area contributed by atoms with Crippen molar-refractivity contribution in [1.29, 1.82) is 0 Å². The number of aliphatic hydroxyl groups excluding tert-OH is 1. The lowest BCUT2D eigenvalue weighted by Crippen LogP contribution is -2.59. The molecule has 2 fully saturated rings. The highest BCUT2D eigenvalue weighted by molar-refractivity contribution is 5.80. The van der Waals surface area contributed by atoms with Gasteiger partial charge in [-0.05, 0) is 50.8 Å². The Morgan fingerprint density at radius 2 is 2.00 bits per heavy atom. The highest BCUT2D eigenvalue weighted by Crippen LogP contribution is 2.45. The van der Waals surface area contributed by atoms with E-state index in [1.54, 1.807) is 18.7 Å². The average molecular weight is 414 g/mol. The summed E-state index contributed by atoms with van der Waals surface area (Å²) in [6.45, 7) is 5.59. The SMILES string of the molecule is CC1(C)Oc2ccc(OC(F)(F)F)cc2C(N2CCN(CC3CC3)CC2=O)C1O. The van der Waals surface area contributed by atoms with E-state index in [4.69, 9.17) is 4.74 Å². The molecule has 3 aliphatic rings. The Balaban J connectivity index is 1.63. The van der Waals surface area contributed by atoms with Crippen LogP contribution in [0.3, 0.4) is 0 Å². The number of piperazine rings is 1. The summed E-state index contributed by atoms with van der Waals surface area (Å²) in [5, 5.41) is 11.0. The van der Waals surface area contributed by atoms with Gasteiger partial charge in [0.05, 0.1) is 12.6 Å². The molecule has 1 saturated carbocycles. The average Bonchev–Trinajstić information content (AvgIpc) is 3.40. The molecule has 1 aliphatic carbocycles. The zero-order valence-electron chi connectivity index (χ0n) is 16.4. The molecule has 0 radical (unpaired) electrons. The molecule has 29 heavy (non-hydrogen) atoms. The van der Waals surface area contributed by atoms with Crippen molar-refractivity contribution in [3.63, 3.8) is 0 Å². The Morgan fingerprint density at radius 3 is 2.62 bits per heavy atom. The van der Waals surface area contributed by atoms with Gasteiger partial charge in [0.25, 0.3) is 0 Å². The van der Waals surface area contributed by atoms with Crippen molar-refractivity contribution in [2.24, 2.45) is 5.92 Å². The van der Waals surface area contributed by atoms with Gasteiger partial charge >= 0.3 is 6.36 Å². The molecule has 4 rings (SSSR count). The van der Waals surface area contributed by atoms with Gasteiger partial charge in [0.2, 0.25) is 5.91 Å². The van der Waals surface area contributed by atoms with Crippen molar-refractivity contribution < 1.29 is 32.5 Å². The third-order valence-electron chi connectivity index (χ3n) is 5.80. The molecule has 2 heterocycles. The Hall–Kier alpha value is -2.00. The van der Waals surface area contributed by atoms with Crippen molar-refractivity contribution in [2.45, 2.75) is 50.8 Å². The van der Waals surface area contributed by atoms with E-state index in [0.29, 0.717) is 30.3 Å². The van der Waals surface area contributed by atoms with Crippen molar-refractivity contribution >= 4 is 5.91 Å². The maximum Gasteiger partial charge on any atom is 0.573 e. The molecule has 160 valence electrons. The molecule has 2 atom stereocenters. The first-order chi connectivity index (χ1) is 13.5. The second-order valence-electron chi connectivity index (χ2n) is 8.61. The van der Waals surface area contributed by atoms with Crippen molar-refractivity contribution in [3.05, 3.63) is 23.8 Å². The number of halogens is 3. The summed E-state index contributed by atoms with van der Waals surface area (Å²) in [5.74, 6) is 0.445. The monoisotopic (exact) mass is 414 g/mol. The first-order valence-electron chi connectivity index (χ1n) is 9.82. The van der Waals surface area contributed by atoms with Gasteiger partial charge in [-0.2, -0.15) is 0 Å². The molecule has 1 N–H and O–H groups in total. The van der Waals surface area contributed by atoms with Gasteiger partial charge in [-0.15, -0.1) is 13.2 Å². The van der Waals surface area contributed by atoms with Gasteiger partial charge in [-0.25, -0.2) is 0 Å². The normalized spacial score (nSPS) is 27.4. The van der Waals surface area contributed by atoms with Crippen LogP contribution in [0.25, 0.3) is 0 Å². The lowest BCUT2D eigenvalue weighted by molar-refractivity contribution is -0.274. The van der Waals surface area contributed by atoms with Crippen LogP contribution in [0.1, 0.15) is 38.3 Å². The molecule has 6 nitrogen and oxygen atoms in total. The van der Waals surface area contributed by atoms with Crippen molar-refractivity contribution in [1.82, 2.24) is 9.80 Å². The molecule has 1 aromatic rings. The second kappa shape index (κ2) is 7.05. The van der Waals surface area contributed by atoms with E-state index in [9.17, 15) is 23.1 Å². The van der Waals surface area contributed by atoms with E-state index >= 15 is 0 Å². The molecule has 2 unspecified atom stereocenters. The standard InChI is InChI=1S/C20H25F3N2O4/c1-19(2)18(27)17(25-8-7-24(11-16(25)26)10-12-3-4-12)14-9-13(28-20(21,22)23)5-6-15(14)29-19/h5-6,9,12,17-18,27H,3-4,7-8,10-11H2,1-2H3. The maximum absolute atomic E-state index is 12.9. The van der Waals surface area contributed by atoms with Gasteiger partial charge in [-0.3, -0.25) is 9.69 Å². The van der Waals surface area contributed by atoms with Gasteiger partial charge in [0.1, 0.15) is 23.2 Å². The summed E-state index contributed by atoms with van der Waals surface area (Å²) in [4.78, 5) is 16.6. The number of aliphatic hydroxyl groups is 1. The molecule has 9 heteroatoms. The number of fused-ring (bicyclic) bond motifs is 1. The quantitative estimate of drug-likeness (QED) is 0.821. The van der Waals surface area contributed by atoms with Crippen LogP contribution in [0, 0.1) is 5.92 Å². The molecule has 0 bridgehead atoms. The second-order valence-corrected chi connectivity index (χ2v) is 8.61. The van der Waals surface area contributed by atoms with E-state index in [-0.39, 0.29) is 12.5 Å². The lowest BCUT2D eigenvalue weighted by atomic mass is 9.85. The molecule has 0 spiro atoms. The Labute approximate surface area is 167 Å². The van der Waals surface area contributed by atoms with Crippen LogP contribution >= 0.6 is 0 Å². The maximum atomic E-state index is 12.9. The lowest BCUT2D eigenvalue weighted by Gasteiger charge is -2.48. The number of carbonyl (C=O) groups is 1. The molecule has 1 aromatic carbocycles. The van der Waals surface area contributed by atoms with Crippen LogP contribution in [0.2, 0.25) is 0 Å². The number of hydrogen-bond acceptors (Lipinski definition) is 5. The fourth-order valence-corrected chi connectivity index (χ4v) is 4.13. The van der Waals surface area contributed by atoms with Crippen LogP contribution in [0.5, 0.6) is 11.5 Å². The van der Waals surface area contributed by atoms with Gasteiger partial charge < -0.3 is 19.5 Å². The minimum atomic E-state index is -4.83. The number of ether oxygens (including phenoxy) is 2. The largest absolute Gasteiger partial charge is 0.573 e. The fourth-order valence-electron chi connectivity index (χ4n) is 4.13. The summed E-state index contributed by atoms with van der Waals surface area (Å²) in [5.41, 5.74) is -0.683. The highest BCUT2D eigenvalue weighted by Gasteiger charge is 2.48. The van der Waals surface area contributed by atoms with Crippen LogP contribution in [0.4, 0.5) is 13.2 Å². The summed E-state index contributed by atoms with van der Waals surface area (Å²) in [6.07, 6.45) is -3.55. The van der Waals surface area contributed by atoms with Crippen LogP contribution < -0.4 is 9.47 Å².